The lowest BCUT2D eigenvalue weighted by Gasteiger charge is -2.10. The van der Waals surface area contributed by atoms with E-state index < -0.39 is 11.6 Å². The predicted molar refractivity (Wildman–Crippen MR) is 74.2 cm³/mol. The molecule has 0 radical (unpaired) electrons. The van der Waals surface area contributed by atoms with E-state index in [1.807, 2.05) is 12.1 Å². The summed E-state index contributed by atoms with van der Waals surface area (Å²) in [7, 11) is 0. The number of hydrogen-bond acceptors (Lipinski definition) is 1. The third kappa shape index (κ3) is 2.89. The van der Waals surface area contributed by atoms with Crippen molar-refractivity contribution < 1.29 is 8.78 Å². The highest BCUT2D eigenvalue weighted by atomic mass is 79.9. The van der Waals surface area contributed by atoms with E-state index >= 15 is 0 Å². The molecule has 0 amide bonds. The second kappa shape index (κ2) is 5.34. The van der Waals surface area contributed by atoms with Gasteiger partial charge in [-0.3, -0.25) is 0 Å². The Morgan fingerprint density at radius 2 is 1.82 bits per heavy atom. The van der Waals surface area contributed by atoms with E-state index in [0.717, 1.165) is 20.8 Å². The average Bonchev–Trinajstić information content (AvgIpc) is 2.69. The number of benzene rings is 1. The van der Waals surface area contributed by atoms with Crippen LogP contribution in [0.3, 0.4) is 0 Å². The lowest BCUT2D eigenvalue weighted by Crippen LogP contribution is -1.95. The molecule has 0 saturated heterocycles. The third-order valence-electron chi connectivity index (χ3n) is 2.16. The summed E-state index contributed by atoms with van der Waals surface area (Å²) in [6.45, 7) is 0. The maximum atomic E-state index is 13.2. The van der Waals surface area contributed by atoms with Crippen LogP contribution in [0.5, 0.6) is 0 Å². The summed E-state index contributed by atoms with van der Waals surface area (Å²) in [6, 6.07) is 5.89. The van der Waals surface area contributed by atoms with Gasteiger partial charge in [0.1, 0.15) is 0 Å². The Bertz CT molecular complexity index is 556. The fraction of sp³-hybridized carbons (Fsp3) is 0.0909. The molecule has 6 heteroatoms. The van der Waals surface area contributed by atoms with Crippen molar-refractivity contribution in [1.29, 1.82) is 0 Å². The molecular weight excluding hydrogens is 397 g/mol. The first-order valence-electron chi connectivity index (χ1n) is 4.53. The van der Waals surface area contributed by atoms with Gasteiger partial charge in [-0.25, -0.2) is 8.78 Å². The molecule has 1 unspecified atom stereocenters. The standard InChI is InChI=1S/C11H5Br2ClF2S/c12-10-2-1-9(17-10)11(13)5-3-7(15)8(16)4-6(5)14/h1-4,11H. The first-order chi connectivity index (χ1) is 7.99. The Morgan fingerprint density at radius 1 is 1.18 bits per heavy atom. The second-order valence-electron chi connectivity index (χ2n) is 3.29. The summed E-state index contributed by atoms with van der Waals surface area (Å²) < 4.78 is 27.1. The van der Waals surface area contributed by atoms with Crippen molar-refractivity contribution in [3.63, 3.8) is 0 Å². The molecule has 0 aliphatic rings. The van der Waals surface area contributed by atoms with Gasteiger partial charge in [0.25, 0.3) is 0 Å². The molecule has 0 spiro atoms. The minimum absolute atomic E-state index is 0.204. The van der Waals surface area contributed by atoms with Crippen molar-refractivity contribution in [2.75, 3.05) is 0 Å². The Labute approximate surface area is 123 Å². The van der Waals surface area contributed by atoms with Crippen LogP contribution in [0, 0.1) is 11.6 Å². The molecule has 0 saturated carbocycles. The molecule has 0 fully saturated rings. The largest absolute Gasteiger partial charge is 0.204 e. The minimum atomic E-state index is -0.939. The molecule has 2 aromatic rings. The molecule has 17 heavy (non-hydrogen) atoms. The Balaban J connectivity index is 2.43. The van der Waals surface area contributed by atoms with Crippen molar-refractivity contribution in [3.05, 3.63) is 55.1 Å². The molecule has 1 aromatic heterocycles. The van der Waals surface area contributed by atoms with Crippen molar-refractivity contribution in [2.24, 2.45) is 0 Å². The van der Waals surface area contributed by atoms with E-state index in [0.29, 0.717) is 5.56 Å². The summed E-state index contributed by atoms with van der Waals surface area (Å²) >= 11 is 14.2. The molecule has 1 atom stereocenters. The zero-order chi connectivity index (χ0) is 12.6. The van der Waals surface area contributed by atoms with Crippen molar-refractivity contribution in [2.45, 2.75) is 4.83 Å². The minimum Gasteiger partial charge on any atom is -0.204 e. The lowest BCUT2D eigenvalue weighted by molar-refractivity contribution is 0.507. The number of rotatable bonds is 2. The predicted octanol–water partition coefficient (Wildman–Crippen LogP) is 5.93. The third-order valence-corrected chi connectivity index (χ3v) is 5.46. The molecule has 1 aromatic carbocycles. The van der Waals surface area contributed by atoms with Crippen LogP contribution in [0.25, 0.3) is 0 Å². The maximum Gasteiger partial charge on any atom is 0.160 e. The van der Waals surface area contributed by atoms with Crippen molar-refractivity contribution >= 4 is 54.8 Å². The van der Waals surface area contributed by atoms with E-state index in [4.69, 9.17) is 11.6 Å². The fourth-order valence-electron chi connectivity index (χ4n) is 1.35. The monoisotopic (exact) mass is 400 g/mol. The van der Waals surface area contributed by atoms with E-state index in [1.54, 1.807) is 0 Å². The van der Waals surface area contributed by atoms with Crippen LogP contribution < -0.4 is 0 Å². The van der Waals surface area contributed by atoms with Gasteiger partial charge in [-0.1, -0.05) is 27.5 Å². The molecule has 90 valence electrons. The Kier molecular flexibility index (Phi) is 4.23. The zero-order valence-electron chi connectivity index (χ0n) is 8.18. The molecule has 1 heterocycles. The Morgan fingerprint density at radius 3 is 2.41 bits per heavy atom. The summed E-state index contributed by atoms with van der Waals surface area (Å²) in [5.74, 6) is -1.84. The molecule has 0 aliphatic heterocycles. The summed E-state index contributed by atoms with van der Waals surface area (Å²) in [4.78, 5) is 0.714. The zero-order valence-corrected chi connectivity index (χ0v) is 12.9. The highest BCUT2D eigenvalue weighted by Crippen LogP contribution is 2.40. The maximum absolute atomic E-state index is 13.2. The van der Waals surface area contributed by atoms with Crippen LogP contribution in [-0.2, 0) is 0 Å². The van der Waals surface area contributed by atoms with E-state index in [-0.39, 0.29) is 9.85 Å². The molecule has 2 rings (SSSR count). The highest BCUT2D eigenvalue weighted by molar-refractivity contribution is 9.11. The molecule has 0 nitrogen and oxygen atoms in total. The quantitative estimate of drug-likeness (QED) is 0.432. The van der Waals surface area contributed by atoms with Gasteiger partial charge in [-0.15, -0.1) is 11.3 Å². The van der Waals surface area contributed by atoms with Gasteiger partial charge in [-0.05, 0) is 45.8 Å². The first kappa shape index (κ1) is 13.5. The SMILES string of the molecule is Fc1cc(Cl)c(C(Br)c2ccc(Br)s2)cc1F. The van der Waals surface area contributed by atoms with Crippen LogP contribution in [0.1, 0.15) is 15.3 Å². The van der Waals surface area contributed by atoms with Gasteiger partial charge in [-0.2, -0.15) is 0 Å². The van der Waals surface area contributed by atoms with Crippen molar-refractivity contribution in [3.8, 4) is 0 Å². The van der Waals surface area contributed by atoms with Crippen LogP contribution in [0.2, 0.25) is 5.02 Å². The molecule has 0 N–H and O–H groups in total. The molecule has 0 aliphatic carbocycles. The van der Waals surface area contributed by atoms with Gasteiger partial charge < -0.3 is 0 Å². The highest BCUT2D eigenvalue weighted by Gasteiger charge is 2.18. The number of alkyl halides is 1. The van der Waals surface area contributed by atoms with Crippen LogP contribution in [-0.4, -0.2) is 0 Å². The molecular formula is C11H5Br2ClF2S. The van der Waals surface area contributed by atoms with Gasteiger partial charge in [0, 0.05) is 9.90 Å². The van der Waals surface area contributed by atoms with Gasteiger partial charge >= 0.3 is 0 Å². The smallest absolute Gasteiger partial charge is 0.160 e. The normalized spacial score (nSPS) is 12.8. The number of thiophene rings is 1. The summed E-state index contributed by atoms with van der Waals surface area (Å²) in [5, 5.41) is 0.204. The summed E-state index contributed by atoms with van der Waals surface area (Å²) in [6.07, 6.45) is 0. The number of halogens is 5. The van der Waals surface area contributed by atoms with E-state index in [9.17, 15) is 8.78 Å². The van der Waals surface area contributed by atoms with Crippen molar-refractivity contribution in [1.82, 2.24) is 0 Å². The molecule has 0 bridgehead atoms. The van der Waals surface area contributed by atoms with E-state index in [1.165, 1.54) is 11.3 Å². The van der Waals surface area contributed by atoms with E-state index in [2.05, 4.69) is 31.9 Å². The topological polar surface area (TPSA) is 0 Å². The van der Waals surface area contributed by atoms with Gasteiger partial charge in [0.05, 0.1) is 8.61 Å². The Hall–Kier alpha value is 0.0300. The summed E-state index contributed by atoms with van der Waals surface area (Å²) in [5.41, 5.74) is 0.514. The fourth-order valence-corrected chi connectivity index (χ4v) is 3.97. The average molecular weight is 402 g/mol. The van der Waals surface area contributed by atoms with Crippen LogP contribution in [0.15, 0.2) is 28.1 Å². The first-order valence-corrected chi connectivity index (χ1v) is 7.43. The lowest BCUT2D eigenvalue weighted by atomic mass is 10.1. The van der Waals surface area contributed by atoms with Crippen LogP contribution in [0.4, 0.5) is 8.78 Å². The van der Waals surface area contributed by atoms with Crippen LogP contribution >= 0.6 is 54.8 Å². The number of hydrogen-bond donors (Lipinski definition) is 0. The van der Waals surface area contributed by atoms with Gasteiger partial charge in [0.2, 0.25) is 0 Å². The second-order valence-corrected chi connectivity index (χ2v) is 7.11. The van der Waals surface area contributed by atoms with Gasteiger partial charge in [0.15, 0.2) is 11.6 Å².